The SMILES string of the molecule is COc1ccc(N2CC=C[C@]34S[C@H]5C=CCOC(=O)[C@H]5[C@H]3C(=O)N(CCCCO)C4C2=O)cc1. The maximum absolute atomic E-state index is 14.1. The summed E-state index contributed by atoms with van der Waals surface area (Å²) in [5.74, 6) is -1.36. The molecule has 1 spiro atoms. The van der Waals surface area contributed by atoms with Crippen LogP contribution in [0.15, 0.2) is 48.6 Å². The third-order valence-corrected chi connectivity index (χ3v) is 8.85. The Labute approximate surface area is 202 Å². The van der Waals surface area contributed by atoms with Crippen molar-refractivity contribution < 1.29 is 29.0 Å². The highest BCUT2D eigenvalue weighted by atomic mass is 32.2. The second-order valence-electron chi connectivity index (χ2n) is 8.91. The molecule has 5 atom stereocenters. The molecule has 1 aromatic carbocycles. The van der Waals surface area contributed by atoms with Crippen LogP contribution in [-0.4, -0.2) is 77.2 Å². The molecule has 0 radical (unpaired) electrons. The van der Waals surface area contributed by atoms with E-state index in [9.17, 15) is 19.5 Å². The lowest BCUT2D eigenvalue weighted by Gasteiger charge is -2.35. The maximum atomic E-state index is 14.1. The van der Waals surface area contributed by atoms with Crippen molar-refractivity contribution in [1.29, 1.82) is 0 Å². The molecule has 1 N–H and O–H groups in total. The maximum Gasteiger partial charge on any atom is 0.311 e. The van der Waals surface area contributed by atoms with Crippen LogP contribution in [0.3, 0.4) is 0 Å². The van der Waals surface area contributed by atoms with Gasteiger partial charge in [-0.15, -0.1) is 11.8 Å². The fraction of sp³-hybridized carbons (Fsp3) is 0.480. The first-order valence-corrected chi connectivity index (χ1v) is 12.5. The smallest absolute Gasteiger partial charge is 0.311 e. The second-order valence-corrected chi connectivity index (χ2v) is 10.4. The van der Waals surface area contributed by atoms with Gasteiger partial charge in [0.25, 0.3) is 5.91 Å². The highest BCUT2D eigenvalue weighted by molar-refractivity contribution is 8.02. The van der Waals surface area contributed by atoms with Gasteiger partial charge in [-0.3, -0.25) is 14.4 Å². The molecule has 4 aliphatic rings. The molecule has 34 heavy (non-hydrogen) atoms. The zero-order chi connectivity index (χ0) is 23.9. The lowest BCUT2D eigenvalue weighted by Crippen LogP contribution is -2.53. The van der Waals surface area contributed by atoms with E-state index in [4.69, 9.17) is 9.47 Å². The van der Waals surface area contributed by atoms with Crippen LogP contribution in [0.5, 0.6) is 5.75 Å². The molecular formula is C25H28N2O6S. The first-order valence-electron chi connectivity index (χ1n) is 11.6. The van der Waals surface area contributed by atoms with E-state index in [1.54, 1.807) is 29.0 Å². The monoisotopic (exact) mass is 484 g/mol. The predicted octanol–water partition coefficient (Wildman–Crippen LogP) is 1.78. The Morgan fingerprint density at radius 1 is 1.15 bits per heavy atom. The second kappa shape index (κ2) is 9.11. The number of hydrogen-bond acceptors (Lipinski definition) is 7. The van der Waals surface area contributed by atoms with E-state index < -0.39 is 22.6 Å². The lowest BCUT2D eigenvalue weighted by atomic mass is 9.78. The molecule has 2 saturated heterocycles. The Hall–Kier alpha value is -2.78. The van der Waals surface area contributed by atoms with Gasteiger partial charge in [0.1, 0.15) is 18.4 Å². The van der Waals surface area contributed by atoms with E-state index in [2.05, 4.69) is 0 Å². The standard InChI is InChI=1S/C25H28N2O6S/c1-32-17-9-7-16(8-10-17)26-13-5-11-25-20(19-18(34-25)6-4-15-33-24(19)31)22(29)27(12-2-3-14-28)21(25)23(26)30/h4-11,18-21,28H,2-3,12-15H2,1H3/t18-,19+,20-,21?,25-/m0/s1. The Balaban J connectivity index is 1.56. The van der Waals surface area contributed by atoms with E-state index in [1.165, 1.54) is 11.8 Å². The number of carbonyl (C=O) groups is 3. The number of likely N-dealkylation sites (tertiary alicyclic amines) is 1. The summed E-state index contributed by atoms with van der Waals surface area (Å²) in [5.41, 5.74) is 0.718. The highest BCUT2D eigenvalue weighted by Crippen LogP contribution is 2.61. The van der Waals surface area contributed by atoms with Crippen LogP contribution in [0, 0.1) is 11.8 Å². The molecule has 2 fully saturated rings. The van der Waals surface area contributed by atoms with E-state index in [0.29, 0.717) is 31.7 Å². The number of amides is 2. The molecule has 0 saturated carbocycles. The Kier molecular flexibility index (Phi) is 6.16. The summed E-state index contributed by atoms with van der Waals surface area (Å²) < 4.78 is 9.77. The van der Waals surface area contributed by atoms with Gasteiger partial charge in [-0.05, 0) is 37.1 Å². The van der Waals surface area contributed by atoms with Gasteiger partial charge in [-0.1, -0.05) is 24.3 Å². The van der Waals surface area contributed by atoms with E-state index in [0.717, 1.165) is 5.69 Å². The van der Waals surface area contributed by atoms with Crippen LogP contribution in [-0.2, 0) is 19.1 Å². The summed E-state index contributed by atoms with van der Waals surface area (Å²) in [5, 5.41) is 9.05. The number of aliphatic hydroxyl groups excluding tert-OH is 1. The summed E-state index contributed by atoms with van der Waals surface area (Å²) in [6, 6.07) is 6.52. The van der Waals surface area contributed by atoms with Crippen molar-refractivity contribution in [3.63, 3.8) is 0 Å². The Bertz CT molecular complexity index is 1040. The molecule has 4 aliphatic heterocycles. The Morgan fingerprint density at radius 3 is 2.68 bits per heavy atom. The topological polar surface area (TPSA) is 96.4 Å². The normalized spacial score (nSPS) is 32.1. The highest BCUT2D eigenvalue weighted by Gasteiger charge is 2.71. The molecule has 2 amide bonds. The van der Waals surface area contributed by atoms with Crippen molar-refractivity contribution in [2.24, 2.45) is 11.8 Å². The molecule has 1 unspecified atom stereocenters. The van der Waals surface area contributed by atoms with Gasteiger partial charge in [0.05, 0.1) is 23.7 Å². The average molecular weight is 485 g/mol. The zero-order valence-corrected chi connectivity index (χ0v) is 19.8. The van der Waals surface area contributed by atoms with Crippen molar-refractivity contribution in [2.75, 3.05) is 38.3 Å². The number of methoxy groups -OCH3 is 1. The summed E-state index contributed by atoms with van der Waals surface area (Å²) >= 11 is 1.53. The fourth-order valence-electron chi connectivity index (χ4n) is 5.60. The van der Waals surface area contributed by atoms with Crippen molar-refractivity contribution in [3.05, 3.63) is 48.6 Å². The third kappa shape index (κ3) is 3.53. The average Bonchev–Trinajstić information content (AvgIpc) is 3.13. The lowest BCUT2D eigenvalue weighted by molar-refractivity contribution is -0.151. The first-order chi connectivity index (χ1) is 16.5. The fourth-order valence-corrected chi connectivity index (χ4v) is 7.60. The van der Waals surface area contributed by atoms with Crippen LogP contribution >= 0.6 is 11.8 Å². The molecule has 0 bridgehead atoms. The predicted molar refractivity (Wildman–Crippen MR) is 127 cm³/mol. The molecular weight excluding hydrogens is 456 g/mol. The largest absolute Gasteiger partial charge is 0.497 e. The minimum atomic E-state index is -0.857. The van der Waals surface area contributed by atoms with Crippen molar-refractivity contribution >= 4 is 35.2 Å². The van der Waals surface area contributed by atoms with Crippen LogP contribution in [0.25, 0.3) is 0 Å². The number of esters is 1. The van der Waals surface area contributed by atoms with Crippen LogP contribution in [0.4, 0.5) is 5.69 Å². The summed E-state index contributed by atoms with van der Waals surface area (Å²) in [4.78, 5) is 44.2. The number of carbonyl (C=O) groups excluding carboxylic acids is 3. The minimum absolute atomic E-state index is 0.0175. The molecule has 180 valence electrons. The summed E-state index contributed by atoms with van der Waals surface area (Å²) in [7, 11) is 1.59. The molecule has 9 heteroatoms. The number of hydrogen-bond donors (Lipinski definition) is 1. The molecule has 8 nitrogen and oxygen atoms in total. The molecule has 1 aromatic rings. The van der Waals surface area contributed by atoms with Gasteiger partial charge in [0.15, 0.2) is 0 Å². The summed E-state index contributed by atoms with van der Waals surface area (Å²) in [6.07, 6.45) is 8.78. The first kappa shape index (κ1) is 23.0. The van der Waals surface area contributed by atoms with Crippen molar-refractivity contribution in [2.45, 2.75) is 28.9 Å². The summed E-state index contributed by atoms with van der Waals surface area (Å²) in [6.45, 7) is 0.930. The van der Waals surface area contributed by atoms with Crippen LogP contribution in [0.2, 0.25) is 0 Å². The number of cyclic esters (lactones) is 1. The number of anilines is 1. The number of ether oxygens (including phenoxy) is 2. The van der Waals surface area contributed by atoms with Gasteiger partial charge >= 0.3 is 5.97 Å². The minimum Gasteiger partial charge on any atom is -0.497 e. The number of rotatable bonds is 6. The van der Waals surface area contributed by atoms with Crippen LogP contribution < -0.4 is 9.64 Å². The molecule has 0 aromatic heterocycles. The van der Waals surface area contributed by atoms with E-state index in [1.807, 2.05) is 36.4 Å². The Morgan fingerprint density at radius 2 is 1.94 bits per heavy atom. The van der Waals surface area contributed by atoms with Crippen molar-refractivity contribution in [1.82, 2.24) is 4.90 Å². The van der Waals surface area contributed by atoms with Crippen molar-refractivity contribution in [3.8, 4) is 5.75 Å². The number of thioether (sulfide) groups is 1. The number of aliphatic hydroxyl groups is 1. The van der Waals surface area contributed by atoms with Gasteiger partial charge in [-0.2, -0.15) is 0 Å². The van der Waals surface area contributed by atoms with Gasteiger partial charge < -0.3 is 24.4 Å². The van der Waals surface area contributed by atoms with Gasteiger partial charge in [-0.25, -0.2) is 0 Å². The quantitative estimate of drug-likeness (QED) is 0.374. The molecule has 0 aliphatic carbocycles. The zero-order valence-electron chi connectivity index (χ0n) is 19.0. The number of benzene rings is 1. The molecule has 5 rings (SSSR count). The third-order valence-electron chi connectivity index (χ3n) is 7.10. The number of unbranched alkanes of at least 4 members (excludes halogenated alkanes) is 1. The number of nitrogens with zero attached hydrogens (tertiary/aromatic N) is 2. The van der Waals surface area contributed by atoms with E-state index >= 15 is 0 Å². The van der Waals surface area contributed by atoms with E-state index in [-0.39, 0.29) is 36.2 Å². The van der Waals surface area contributed by atoms with Crippen LogP contribution in [0.1, 0.15) is 12.8 Å². The number of fused-ring (bicyclic) bond motifs is 2. The van der Waals surface area contributed by atoms with Gasteiger partial charge in [0, 0.05) is 30.6 Å². The molecule has 4 heterocycles. The van der Waals surface area contributed by atoms with Gasteiger partial charge in [0.2, 0.25) is 5.91 Å².